The number of nitrogens with zero attached hydrogens (tertiary/aromatic N) is 2. The molecule has 0 atom stereocenters. The lowest BCUT2D eigenvalue weighted by atomic mass is 10.1. The number of hydrogen-bond donors (Lipinski definition) is 0. The van der Waals surface area contributed by atoms with E-state index in [9.17, 15) is 4.79 Å². The first kappa shape index (κ1) is 23.6. The maximum atomic E-state index is 12.2. The van der Waals surface area contributed by atoms with E-state index >= 15 is 0 Å². The summed E-state index contributed by atoms with van der Waals surface area (Å²) in [6, 6.07) is 20.0. The Balaban J connectivity index is 1.78. The molecular weight excluding hydrogens is 404 g/mol. The standard InChI is InChI=1S/C26H32N2O4/c1-30-16-8-14-27(19-22-10-4-5-13-25(22)26(29)32-3)20-23-11-7-15-28(23)18-21-9-6-12-24(17-21)31-2/h4-7,9-13,15,17H,8,14,16,18-20H2,1-3H3. The topological polar surface area (TPSA) is 52.9 Å². The van der Waals surface area contributed by atoms with Crippen molar-refractivity contribution in [2.24, 2.45) is 0 Å². The summed E-state index contributed by atoms with van der Waals surface area (Å²) in [5.41, 5.74) is 3.96. The third-order valence-corrected chi connectivity index (χ3v) is 5.44. The molecule has 0 aliphatic carbocycles. The van der Waals surface area contributed by atoms with Gasteiger partial charge in [-0.05, 0) is 47.9 Å². The molecule has 1 aromatic heterocycles. The number of esters is 1. The summed E-state index contributed by atoms with van der Waals surface area (Å²) in [6.07, 6.45) is 3.01. The first-order chi connectivity index (χ1) is 15.6. The van der Waals surface area contributed by atoms with Crippen LogP contribution < -0.4 is 4.74 Å². The minimum absolute atomic E-state index is 0.307. The number of carbonyl (C=O) groups is 1. The van der Waals surface area contributed by atoms with Gasteiger partial charge >= 0.3 is 5.97 Å². The number of methoxy groups -OCH3 is 3. The summed E-state index contributed by atoms with van der Waals surface area (Å²) in [7, 11) is 4.82. The van der Waals surface area contributed by atoms with Crippen molar-refractivity contribution in [3.8, 4) is 5.75 Å². The van der Waals surface area contributed by atoms with Crippen molar-refractivity contribution in [3.63, 3.8) is 0 Å². The van der Waals surface area contributed by atoms with Gasteiger partial charge < -0.3 is 18.8 Å². The van der Waals surface area contributed by atoms with E-state index in [4.69, 9.17) is 14.2 Å². The molecule has 0 saturated carbocycles. The van der Waals surface area contributed by atoms with E-state index in [1.807, 2.05) is 36.4 Å². The van der Waals surface area contributed by atoms with Gasteiger partial charge in [0.15, 0.2) is 0 Å². The van der Waals surface area contributed by atoms with Crippen molar-refractivity contribution in [1.29, 1.82) is 0 Å². The number of carbonyl (C=O) groups excluding carboxylic acids is 1. The van der Waals surface area contributed by atoms with Crippen LogP contribution in [-0.2, 0) is 29.1 Å². The second kappa shape index (κ2) is 12.1. The van der Waals surface area contributed by atoms with Crippen molar-refractivity contribution in [1.82, 2.24) is 9.47 Å². The zero-order chi connectivity index (χ0) is 22.8. The average molecular weight is 437 g/mol. The summed E-state index contributed by atoms with van der Waals surface area (Å²) in [6.45, 7) is 3.73. The maximum absolute atomic E-state index is 12.2. The number of rotatable bonds is 12. The fourth-order valence-corrected chi connectivity index (χ4v) is 3.80. The van der Waals surface area contributed by atoms with Crippen LogP contribution in [0.3, 0.4) is 0 Å². The summed E-state index contributed by atoms with van der Waals surface area (Å²) in [5, 5.41) is 0. The van der Waals surface area contributed by atoms with Crippen LogP contribution in [0.4, 0.5) is 0 Å². The number of ether oxygens (including phenoxy) is 3. The SMILES string of the molecule is COCCCN(Cc1ccccc1C(=O)OC)Cc1cccn1Cc1cccc(OC)c1. The molecule has 0 aliphatic heterocycles. The van der Waals surface area contributed by atoms with Gasteiger partial charge in [-0.15, -0.1) is 0 Å². The molecule has 170 valence electrons. The lowest BCUT2D eigenvalue weighted by Gasteiger charge is -2.24. The monoisotopic (exact) mass is 436 g/mol. The minimum atomic E-state index is -0.307. The Hall–Kier alpha value is -3.09. The molecule has 0 amide bonds. The van der Waals surface area contributed by atoms with Crippen LogP contribution in [-0.4, -0.2) is 49.9 Å². The second-order valence-corrected chi connectivity index (χ2v) is 7.68. The molecule has 0 spiro atoms. The highest BCUT2D eigenvalue weighted by Gasteiger charge is 2.16. The van der Waals surface area contributed by atoms with Crippen LogP contribution in [0.1, 0.15) is 33.6 Å². The molecule has 0 saturated heterocycles. The first-order valence-corrected chi connectivity index (χ1v) is 10.8. The third-order valence-electron chi connectivity index (χ3n) is 5.44. The molecule has 32 heavy (non-hydrogen) atoms. The van der Waals surface area contributed by atoms with Crippen LogP contribution in [0.2, 0.25) is 0 Å². The van der Waals surface area contributed by atoms with E-state index < -0.39 is 0 Å². The molecule has 0 radical (unpaired) electrons. The molecule has 3 rings (SSSR count). The van der Waals surface area contributed by atoms with Gasteiger partial charge in [0.25, 0.3) is 0 Å². The number of benzene rings is 2. The molecule has 6 nitrogen and oxygen atoms in total. The molecule has 3 aromatic rings. The molecule has 0 fully saturated rings. The van der Waals surface area contributed by atoms with Crippen molar-refractivity contribution in [2.75, 3.05) is 34.5 Å². The fraction of sp³-hybridized carbons (Fsp3) is 0.346. The van der Waals surface area contributed by atoms with Crippen LogP contribution in [0.25, 0.3) is 0 Å². The molecule has 6 heteroatoms. The lowest BCUT2D eigenvalue weighted by Crippen LogP contribution is -2.27. The van der Waals surface area contributed by atoms with Crippen molar-refractivity contribution in [3.05, 3.63) is 89.2 Å². The Kier molecular flexibility index (Phi) is 8.90. The Morgan fingerprint density at radius 3 is 2.59 bits per heavy atom. The zero-order valence-electron chi connectivity index (χ0n) is 19.1. The lowest BCUT2D eigenvalue weighted by molar-refractivity contribution is 0.0598. The van der Waals surface area contributed by atoms with Gasteiger partial charge in [0, 0.05) is 51.8 Å². The zero-order valence-corrected chi connectivity index (χ0v) is 19.1. The Morgan fingerprint density at radius 2 is 1.81 bits per heavy atom. The fourth-order valence-electron chi connectivity index (χ4n) is 3.80. The van der Waals surface area contributed by atoms with E-state index in [0.717, 1.165) is 37.4 Å². The molecule has 0 bridgehead atoms. The Bertz CT molecular complexity index is 999. The average Bonchev–Trinajstić information content (AvgIpc) is 3.25. The summed E-state index contributed by atoms with van der Waals surface area (Å²) < 4.78 is 17.9. The van der Waals surface area contributed by atoms with Crippen LogP contribution in [0.5, 0.6) is 5.75 Å². The summed E-state index contributed by atoms with van der Waals surface area (Å²) in [5.74, 6) is 0.552. The molecule has 1 heterocycles. The van der Waals surface area contributed by atoms with Crippen molar-refractivity contribution >= 4 is 5.97 Å². The van der Waals surface area contributed by atoms with Gasteiger partial charge in [0.2, 0.25) is 0 Å². The van der Waals surface area contributed by atoms with Crippen molar-refractivity contribution < 1.29 is 19.0 Å². The van der Waals surface area contributed by atoms with Crippen LogP contribution >= 0.6 is 0 Å². The highest BCUT2D eigenvalue weighted by atomic mass is 16.5. The first-order valence-electron chi connectivity index (χ1n) is 10.8. The predicted octanol–water partition coefficient (Wildman–Crippen LogP) is 4.37. The largest absolute Gasteiger partial charge is 0.497 e. The van der Waals surface area contributed by atoms with E-state index in [1.54, 1.807) is 14.2 Å². The smallest absolute Gasteiger partial charge is 0.338 e. The van der Waals surface area contributed by atoms with Gasteiger partial charge in [0.1, 0.15) is 5.75 Å². The molecular formula is C26H32N2O4. The van der Waals surface area contributed by atoms with E-state index in [2.05, 4.69) is 39.9 Å². The van der Waals surface area contributed by atoms with E-state index in [1.165, 1.54) is 18.4 Å². The summed E-state index contributed by atoms with van der Waals surface area (Å²) in [4.78, 5) is 14.6. The van der Waals surface area contributed by atoms with Gasteiger partial charge in [-0.3, -0.25) is 4.90 Å². The van der Waals surface area contributed by atoms with Crippen LogP contribution in [0, 0.1) is 0 Å². The van der Waals surface area contributed by atoms with Gasteiger partial charge in [-0.2, -0.15) is 0 Å². The molecule has 0 aliphatic rings. The van der Waals surface area contributed by atoms with Crippen LogP contribution in [0.15, 0.2) is 66.9 Å². The highest BCUT2D eigenvalue weighted by Crippen LogP contribution is 2.18. The third kappa shape index (κ3) is 6.45. The number of hydrogen-bond acceptors (Lipinski definition) is 5. The van der Waals surface area contributed by atoms with Crippen molar-refractivity contribution in [2.45, 2.75) is 26.1 Å². The molecule has 0 N–H and O–H groups in total. The minimum Gasteiger partial charge on any atom is -0.497 e. The normalized spacial score (nSPS) is 11.0. The van der Waals surface area contributed by atoms with E-state index in [0.29, 0.717) is 18.7 Å². The van der Waals surface area contributed by atoms with E-state index in [-0.39, 0.29) is 5.97 Å². The Labute approximate surface area is 190 Å². The van der Waals surface area contributed by atoms with Gasteiger partial charge in [-0.25, -0.2) is 4.79 Å². The maximum Gasteiger partial charge on any atom is 0.338 e. The second-order valence-electron chi connectivity index (χ2n) is 7.68. The molecule has 0 unspecified atom stereocenters. The molecule has 2 aromatic carbocycles. The Morgan fingerprint density at radius 1 is 0.969 bits per heavy atom. The quantitative estimate of drug-likeness (QED) is 0.312. The number of aromatic nitrogens is 1. The van der Waals surface area contributed by atoms with Gasteiger partial charge in [-0.1, -0.05) is 30.3 Å². The van der Waals surface area contributed by atoms with Gasteiger partial charge in [0.05, 0.1) is 19.8 Å². The predicted molar refractivity (Wildman–Crippen MR) is 125 cm³/mol. The highest BCUT2D eigenvalue weighted by molar-refractivity contribution is 5.90. The summed E-state index contributed by atoms with van der Waals surface area (Å²) >= 11 is 0.